The van der Waals surface area contributed by atoms with Gasteiger partial charge in [0.2, 0.25) is 5.91 Å². The van der Waals surface area contributed by atoms with E-state index >= 15 is 0 Å². The Morgan fingerprint density at radius 3 is 2.50 bits per heavy atom. The van der Waals surface area contributed by atoms with Gasteiger partial charge in [0.15, 0.2) is 0 Å². The molecule has 0 heterocycles. The molecule has 1 amide bonds. The molecule has 76 valence electrons. The van der Waals surface area contributed by atoms with Crippen molar-refractivity contribution < 1.29 is 4.79 Å². The highest BCUT2D eigenvalue weighted by Gasteiger charge is 2.10. The topological polar surface area (TPSA) is 81.1 Å². The SMILES string of the molecule is NNC(=O)CC(N)c1ccc(Cl)cc1. The molecule has 0 aliphatic rings. The number of carbonyl (C=O) groups is 1. The van der Waals surface area contributed by atoms with Crippen LogP contribution in [0.2, 0.25) is 5.02 Å². The third-order valence-corrected chi connectivity index (χ3v) is 2.12. The van der Waals surface area contributed by atoms with Gasteiger partial charge in [0, 0.05) is 17.5 Å². The zero-order chi connectivity index (χ0) is 10.6. The first-order valence-electron chi connectivity index (χ1n) is 4.14. The molecule has 14 heavy (non-hydrogen) atoms. The molecule has 1 aromatic carbocycles. The second kappa shape index (κ2) is 4.95. The number of hydrazine groups is 1. The van der Waals surface area contributed by atoms with Gasteiger partial charge in [-0.3, -0.25) is 10.2 Å². The molecule has 5 heteroatoms. The van der Waals surface area contributed by atoms with Crippen LogP contribution >= 0.6 is 11.6 Å². The molecule has 4 nitrogen and oxygen atoms in total. The van der Waals surface area contributed by atoms with Crippen molar-refractivity contribution in [2.45, 2.75) is 12.5 Å². The number of halogens is 1. The van der Waals surface area contributed by atoms with Gasteiger partial charge in [-0.2, -0.15) is 0 Å². The average Bonchev–Trinajstić information content (AvgIpc) is 2.18. The third-order valence-electron chi connectivity index (χ3n) is 1.86. The first-order valence-corrected chi connectivity index (χ1v) is 4.51. The molecule has 0 saturated carbocycles. The zero-order valence-corrected chi connectivity index (χ0v) is 8.29. The van der Waals surface area contributed by atoms with Crippen molar-refractivity contribution in [1.82, 2.24) is 5.43 Å². The lowest BCUT2D eigenvalue weighted by molar-refractivity contribution is -0.121. The number of nitrogens with one attached hydrogen (secondary N) is 1. The van der Waals surface area contributed by atoms with E-state index < -0.39 is 0 Å². The van der Waals surface area contributed by atoms with Gasteiger partial charge in [0.25, 0.3) is 0 Å². The molecule has 0 aromatic heterocycles. The van der Waals surface area contributed by atoms with Gasteiger partial charge < -0.3 is 5.73 Å². The molecule has 0 bridgehead atoms. The quantitative estimate of drug-likeness (QED) is 0.393. The van der Waals surface area contributed by atoms with Gasteiger partial charge in [-0.1, -0.05) is 23.7 Å². The number of carbonyl (C=O) groups excluding carboxylic acids is 1. The van der Waals surface area contributed by atoms with Crippen LogP contribution in [-0.2, 0) is 4.79 Å². The standard InChI is InChI=1S/C9H12ClN3O/c10-7-3-1-6(2-4-7)8(11)5-9(14)13-12/h1-4,8H,5,11-12H2,(H,13,14). The highest BCUT2D eigenvalue weighted by atomic mass is 35.5. The molecule has 5 N–H and O–H groups in total. The fourth-order valence-corrected chi connectivity index (χ4v) is 1.21. The largest absolute Gasteiger partial charge is 0.324 e. The predicted molar refractivity (Wildman–Crippen MR) is 55.3 cm³/mol. The first-order chi connectivity index (χ1) is 6.63. The van der Waals surface area contributed by atoms with Gasteiger partial charge in [0.1, 0.15) is 0 Å². The molecule has 1 rings (SSSR count). The Labute approximate surface area is 87.2 Å². The van der Waals surface area contributed by atoms with Crippen molar-refractivity contribution >= 4 is 17.5 Å². The summed E-state index contributed by atoms with van der Waals surface area (Å²) in [6.45, 7) is 0. The van der Waals surface area contributed by atoms with Crippen molar-refractivity contribution in [1.29, 1.82) is 0 Å². The fourth-order valence-electron chi connectivity index (χ4n) is 1.09. The van der Waals surface area contributed by atoms with E-state index in [0.717, 1.165) is 5.56 Å². The third kappa shape index (κ3) is 2.99. The van der Waals surface area contributed by atoms with E-state index in [0.29, 0.717) is 5.02 Å². The minimum absolute atomic E-state index is 0.165. The van der Waals surface area contributed by atoms with Crippen LogP contribution in [0.25, 0.3) is 0 Å². The minimum atomic E-state index is -0.351. The van der Waals surface area contributed by atoms with E-state index in [2.05, 4.69) is 0 Å². The van der Waals surface area contributed by atoms with E-state index in [9.17, 15) is 4.79 Å². The summed E-state index contributed by atoms with van der Waals surface area (Å²) in [5.74, 6) is 4.66. The lowest BCUT2D eigenvalue weighted by atomic mass is 10.0. The normalized spacial score (nSPS) is 12.2. The lowest BCUT2D eigenvalue weighted by Crippen LogP contribution is -2.32. The van der Waals surface area contributed by atoms with Gasteiger partial charge in [-0.15, -0.1) is 0 Å². The van der Waals surface area contributed by atoms with Crippen LogP contribution in [0.5, 0.6) is 0 Å². The Morgan fingerprint density at radius 2 is 2.00 bits per heavy atom. The van der Waals surface area contributed by atoms with Crippen molar-refractivity contribution in [3.63, 3.8) is 0 Å². The Kier molecular flexibility index (Phi) is 3.88. The molecule has 1 aromatic rings. The van der Waals surface area contributed by atoms with Crippen LogP contribution in [0.1, 0.15) is 18.0 Å². The van der Waals surface area contributed by atoms with Gasteiger partial charge in [0.05, 0.1) is 0 Å². The van der Waals surface area contributed by atoms with Gasteiger partial charge in [-0.25, -0.2) is 5.84 Å². The molecular formula is C9H12ClN3O. The highest BCUT2D eigenvalue weighted by Crippen LogP contribution is 2.16. The molecule has 1 atom stereocenters. The second-order valence-corrected chi connectivity index (χ2v) is 3.37. The first kappa shape index (κ1) is 11.0. The summed E-state index contributed by atoms with van der Waals surface area (Å²) in [5, 5.41) is 0.643. The fraction of sp³-hybridized carbons (Fsp3) is 0.222. The summed E-state index contributed by atoms with van der Waals surface area (Å²) in [7, 11) is 0. The monoisotopic (exact) mass is 213 g/mol. The summed E-state index contributed by atoms with van der Waals surface area (Å²) >= 11 is 5.71. The molecular weight excluding hydrogens is 202 g/mol. The van der Waals surface area contributed by atoms with Crippen molar-refractivity contribution in [2.24, 2.45) is 11.6 Å². The smallest absolute Gasteiger partial charge is 0.235 e. The number of benzene rings is 1. The van der Waals surface area contributed by atoms with E-state index in [1.54, 1.807) is 24.3 Å². The molecule has 0 saturated heterocycles. The van der Waals surface area contributed by atoms with Gasteiger partial charge >= 0.3 is 0 Å². The van der Waals surface area contributed by atoms with E-state index in [4.69, 9.17) is 23.2 Å². The number of rotatable bonds is 3. The van der Waals surface area contributed by atoms with Crippen LogP contribution < -0.4 is 17.0 Å². The molecule has 0 spiro atoms. The number of hydrogen-bond donors (Lipinski definition) is 3. The number of nitrogens with two attached hydrogens (primary N) is 2. The van der Waals surface area contributed by atoms with Crippen LogP contribution in [0.4, 0.5) is 0 Å². The summed E-state index contributed by atoms with van der Waals surface area (Å²) in [6.07, 6.45) is 0.165. The predicted octanol–water partition coefficient (Wildman–Crippen LogP) is 0.720. The van der Waals surface area contributed by atoms with Crippen molar-refractivity contribution in [3.05, 3.63) is 34.9 Å². The van der Waals surface area contributed by atoms with Crippen LogP contribution in [-0.4, -0.2) is 5.91 Å². The highest BCUT2D eigenvalue weighted by molar-refractivity contribution is 6.30. The molecule has 0 aliphatic carbocycles. The van der Waals surface area contributed by atoms with E-state index in [1.165, 1.54) is 0 Å². The average molecular weight is 214 g/mol. The molecule has 1 unspecified atom stereocenters. The Morgan fingerprint density at radius 1 is 1.43 bits per heavy atom. The number of hydrogen-bond acceptors (Lipinski definition) is 3. The zero-order valence-electron chi connectivity index (χ0n) is 7.53. The summed E-state index contributed by atoms with van der Waals surface area (Å²) in [6, 6.07) is 6.69. The van der Waals surface area contributed by atoms with Crippen LogP contribution in [0.15, 0.2) is 24.3 Å². The summed E-state index contributed by atoms with van der Waals surface area (Å²) < 4.78 is 0. The maximum absolute atomic E-state index is 10.9. The Bertz CT molecular complexity index is 312. The summed E-state index contributed by atoms with van der Waals surface area (Å²) in [5.41, 5.74) is 8.65. The molecule has 0 aliphatic heterocycles. The Hall–Kier alpha value is -1.10. The van der Waals surface area contributed by atoms with Crippen molar-refractivity contribution in [2.75, 3.05) is 0 Å². The van der Waals surface area contributed by atoms with E-state index in [-0.39, 0.29) is 18.4 Å². The lowest BCUT2D eigenvalue weighted by Gasteiger charge is -2.10. The summed E-state index contributed by atoms with van der Waals surface area (Å²) in [4.78, 5) is 10.9. The maximum Gasteiger partial charge on any atom is 0.235 e. The maximum atomic E-state index is 10.9. The van der Waals surface area contributed by atoms with Crippen molar-refractivity contribution in [3.8, 4) is 0 Å². The minimum Gasteiger partial charge on any atom is -0.324 e. The Balaban J connectivity index is 2.65. The van der Waals surface area contributed by atoms with Crippen LogP contribution in [0, 0.1) is 0 Å². The van der Waals surface area contributed by atoms with E-state index in [1.807, 2.05) is 5.43 Å². The molecule has 0 fully saturated rings. The second-order valence-electron chi connectivity index (χ2n) is 2.93. The molecule has 0 radical (unpaired) electrons. The van der Waals surface area contributed by atoms with Crippen LogP contribution in [0.3, 0.4) is 0 Å². The van der Waals surface area contributed by atoms with Gasteiger partial charge in [-0.05, 0) is 17.7 Å². The number of amides is 1.